The summed E-state index contributed by atoms with van der Waals surface area (Å²) in [4.78, 5) is 31.7. The van der Waals surface area contributed by atoms with Crippen LogP contribution >= 0.6 is 45.5 Å². The summed E-state index contributed by atoms with van der Waals surface area (Å²) >= 11 is 9.52. The zero-order chi connectivity index (χ0) is 25.3. The molecule has 2 heterocycles. The summed E-state index contributed by atoms with van der Waals surface area (Å²) in [5.41, 5.74) is 2.10. The number of allylic oxidation sites excluding steroid dienone is 1. The van der Waals surface area contributed by atoms with Crippen LogP contribution in [0.1, 0.15) is 31.0 Å². The minimum absolute atomic E-state index is 0.214. The molecular weight excluding hydrogens is 603 g/mol. The molecule has 35 heavy (non-hydrogen) atoms. The van der Waals surface area contributed by atoms with E-state index in [0.29, 0.717) is 37.1 Å². The Morgan fingerprint density at radius 2 is 1.94 bits per heavy atom. The molecule has 4 rings (SSSR count). The van der Waals surface area contributed by atoms with Crippen molar-refractivity contribution in [3.05, 3.63) is 87.1 Å². The van der Waals surface area contributed by atoms with Gasteiger partial charge in [-0.1, -0.05) is 35.1 Å². The number of nitrogens with zero attached hydrogens (tertiary/aromatic N) is 2. The monoisotopic (exact) mass is 624 g/mol. The van der Waals surface area contributed by atoms with Gasteiger partial charge in [0.2, 0.25) is 0 Å². The van der Waals surface area contributed by atoms with Crippen LogP contribution in [0.2, 0.25) is 5.02 Å². The Labute approximate surface area is 224 Å². The number of halogens is 2. The smallest absolute Gasteiger partial charge is 0.338 e. The van der Waals surface area contributed by atoms with E-state index >= 15 is 0 Å². The molecule has 0 spiro atoms. The molecule has 0 fully saturated rings. The molecule has 0 N–H and O–H groups in total. The van der Waals surface area contributed by atoms with E-state index in [1.165, 1.54) is 11.3 Å². The molecule has 2 aromatic carbocycles. The number of benzene rings is 2. The highest BCUT2D eigenvalue weighted by Gasteiger charge is 2.33. The molecule has 7 nitrogen and oxygen atoms in total. The Balaban J connectivity index is 1.94. The molecule has 10 heteroatoms. The van der Waals surface area contributed by atoms with Crippen LogP contribution in [0.3, 0.4) is 0 Å². The van der Waals surface area contributed by atoms with E-state index in [1.807, 2.05) is 12.1 Å². The van der Waals surface area contributed by atoms with Crippen LogP contribution in [0.5, 0.6) is 11.5 Å². The zero-order valence-electron chi connectivity index (χ0n) is 19.4. The van der Waals surface area contributed by atoms with Gasteiger partial charge in [0.15, 0.2) is 16.3 Å². The predicted octanol–water partition coefficient (Wildman–Crippen LogP) is 4.07. The topological polar surface area (TPSA) is 79.1 Å². The number of methoxy groups -OCH3 is 2. The number of aromatic nitrogens is 1. The largest absolute Gasteiger partial charge is 0.493 e. The molecule has 0 amide bonds. The summed E-state index contributed by atoms with van der Waals surface area (Å²) in [7, 11) is 3.15. The number of ether oxygens (including phenoxy) is 3. The molecule has 1 aliphatic rings. The van der Waals surface area contributed by atoms with Crippen molar-refractivity contribution in [3.63, 3.8) is 0 Å². The number of carbonyl (C=O) groups is 1. The van der Waals surface area contributed by atoms with Gasteiger partial charge >= 0.3 is 5.97 Å². The fourth-order valence-electron chi connectivity index (χ4n) is 3.92. The number of esters is 1. The number of hydrogen-bond acceptors (Lipinski definition) is 7. The van der Waals surface area contributed by atoms with Crippen molar-refractivity contribution in [1.29, 1.82) is 0 Å². The van der Waals surface area contributed by atoms with Gasteiger partial charge in [-0.25, -0.2) is 9.79 Å². The number of hydrogen-bond donors (Lipinski definition) is 0. The van der Waals surface area contributed by atoms with Gasteiger partial charge in [0.1, 0.15) is 0 Å². The van der Waals surface area contributed by atoms with Gasteiger partial charge in [-0.3, -0.25) is 9.36 Å². The number of carbonyl (C=O) groups excluding carboxylic acids is 1. The van der Waals surface area contributed by atoms with Gasteiger partial charge in [0, 0.05) is 5.02 Å². The molecule has 3 aromatic rings. The van der Waals surface area contributed by atoms with Gasteiger partial charge in [-0.15, -0.1) is 0 Å². The molecular formula is C25H22ClIN2O5S. The first kappa shape index (κ1) is 25.5. The predicted molar refractivity (Wildman–Crippen MR) is 144 cm³/mol. The SMILES string of the molecule is CCOC(=O)C1=C(C)N=c2s/c(=C/c3cc(I)c(OC)c(OC)c3)c(=O)n2[C@H]1c1ccc(Cl)cc1. The third-order valence-electron chi connectivity index (χ3n) is 5.46. The highest BCUT2D eigenvalue weighted by molar-refractivity contribution is 14.1. The van der Waals surface area contributed by atoms with E-state index in [-0.39, 0.29) is 12.2 Å². The molecule has 0 bridgehead atoms. The first-order valence-electron chi connectivity index (χ1n) is 10.7. The molecule has 0 radical (unpaired) electrons. The van der Waals surface area contributed by atoms with Gasteiger partial charge in [0.25, 0.3) is 5.56 Å². The highest BCUT2D eigenvalue weighted by Crippen LogP contribution is 2.34. The van der Waals surface area contributed by atoms with E-state index in [0.717, 1.165) is 14.7 Å². The second-order valence-corrected chi connectivity index (χ2v) is 10.2. The zero-order valence-corrected chi connectivity index (χ0v) is 23.2. The summed E-state index contributed by atoms with van der Waals surface area (Å²) in [5, 5.41) is 0.558. The van der Waals surface area contributed by atoms with Crippen molar-refractivity contribution < 1.29 is 19.0 Å². The summed E-state index contributed by atoms with van der Waals surface area (Å²) in [5.74, 6) is 0.694. The van der Waals surface area contributed by atoms with Crippen LogP contribution in [0.25, 0.3) is 6.08 Å². The average Bonchev–Trinajstić information content (AvgIpc) is 3.12. The van der Waals surface area contributed by atoms with Crippen LogP contribution in [0.4, 0.5) is 0 Å². The third kappa shape index (κ3) is 4.89. The van der Waals surface area contributed by atoms with Crippen molar-refractivity contribution in [2.75, 3.05) is 20.8 Å². The number of thiazole rings is 1. The van der Waals surface area contributed by atoms with Crippen LogP contribution in [-0.4, -0.2) is 31.4 Å². The Hall–Kier alpha value is -2.63. The average molecular weight is 625 g/mol. The molecule has 1 aromatic heterocycles. The lowest BCUT2D eigenvalue weighted by Gasteiger charge is -2.24. The van der Waals surface area contributed by atoms with E-state index in [1.54, 1.807) is 63.0 Å². The number of fused-ring (bicyclic) bond motifs is 1. The first-order chi connectivity index (χ1) is 16.8. The maximum absolute atomic E-state index is 13.7. The Morgan fingerprint density at radius 3 is 2.57 bits per heavy atom. The summed E-state index contributed by atoms with van der Waals surface area (Å²) in [6.45, 7) is 3.71. The van der Waals surface area contributed by atoms with Gasteiger partial charge in [-0.2, -0.15) is 0 Å². The molecule has 0 saturated carbocycles. The lowest BCUT2D eigenvalue weighted by molar-refractivity contribution is -0.139. The Bertz CT molecular complexity index is 1510. The minimum Gasteiger partial charge on any atom is -0.493 e. The molecule has 0 aliphatic carbocycles. The fraction of sp³-hybridized carbons (Fsp3) is 0.240. The lowest BCUT2D eigenvalue weighted by atomic mass is 9.96. The third-order valence-corrected chi connectivity index (χ3v) is 7.49. The molecule has 1 aliphatic heterocycles. The van der Waals surface area contributed by atoms with Crippen LogP contribution < -0.4 is 24.4 Å². The number of rotatable bonds is 6. The normalized spacial score (nSPS) is 15.5. The van der Waals surface area contributed by atoms with E-state index in [2.05, 4.69) is 27.6 Å². The van der Waals surface area contributed by atoms with Crippen molar-refractivity contribution >= 4 is 57.6 Å². The lowest BCUT2D eigenvalue weighted by Crippen LogP contribution is -2.39. The van der Waals surface area contributed by atoms with Crippen LogP contribution in [0, 0.1) is 3.57 Å². The quantitative estimate of drug-likeness (QED) is 0.305. The Morgan fingerprint density at radius 1 is 1.23 bits per heavy atom. The van der Waals surface area contributed by atoms with E-state index in [4.69, 9.17) is 25.8 Å². The van der Waals surface area contributed by atoms with Crippen molar-refractivity contribution in [2.24, 2.45) is 4.99 Å². The standard InChI is InChI=1S/C25H22ClIN2O5S/c1-5-34-24(31)20-13(2)28-25-29(21(20)15-6-8-16(26)9-7-15)23(30)19(35-25)12-14-10-17(27)22(33-4)18(11-14)32-3/h6-12,21H,5H2,1-4H3/b19-12+/t21-/m0/s1. The van der Waals surface area contributed by atoms with Crippen molar-refractivity contribution in [1.82, 2.24) is 4.57 Å². The minimum atomic E-state index is -0.685. The maximum atomic E-state index is 13.7. The molecule has 0 unspecified atom stereocenters. The second kappa shape index (κ2) is 10.5. The molecule has 0 saturated heterocycles. The van der Waals surface area contributed by atoms with Gasteiger partial charge in [-0.05, 0) is 77.9 Å². The van der Waals surface area contributed by atoms with Crippen molar-refractivity contribution in [2.45, 2.75) is 19.9 Å². The second-order valence-electron chi connectivity index (χ2n) is 7.59. The molecule has 1 atom stereocenters. The Kier molecular flexibility index (Phi) is 7.67. The summed E-state index contributed by atoms with van der Waals surface area (Å²) < 4.78 is 19.1. The summed E-state index contributed by atoms with van der Waals surface area (Å²) in [6, 6.07) is 10.1. The highest BCUT2D eigenvalue weighted by atomic mass is 127. The van der Waals surface area contributed by atoms with Crippen LogP contribution in [-0.2, 0) is 9.53 Å². The summed E-state index contributed by atoms with van der Waals surface area (Å²) in [6.07, 6.45) is 1.79. The maximum Gasteiger partial charge on any atom is 0.338 e. The van der Waals surface area contributed by atoms with Crippen LogP contribution in [0.15, 0.2) is 57.5 Å². The van der Waals surface area contributed by atoms with Gasteiger partial charge in [0.05, 0.1) is 46.2 Å². The van der Waals surface area contributed by atoms with E-state index in [9.17, 15) is 9.59 Å². The first-order valence-corrected chi connectivity index (χ1v) is 12.9. The fourth-order valence-corrected chi connectivity index (χ4v) is 5.94. The van der Waals surface area contributed by atoms with Crippen molar-refractivity contribution in [3.8, 4) is 11.5 Å². The molecule has 182 valence electrons. The van der Waals surface area contributed by atoms with E-state index < -0.39 is 12.0 Å². The van der Waals surface area contributed by atoms with Gasteiger partial charge < -0.3 is 14.2 Å².